The molecule has 3 aromatic rings. The van der Waals surface area contributed by atoms with E-state index < -0.39 is 23.8 Å². The standard InChI is InChI=1S/C18H19F3N6O2/c1-9-13(10(2)27-17(24-9)25-16(22)26-27)7-15(29)23-8-14(28)11-4-3-5-12(6-11)18(19,20)21/h3-6,14,28H,7-8H2,1-2H3,(H2,22,26)(H,23,29). The lowest BCUT2D eigenvalue weighted by atomic mass is 10.1. The number of nitrogen functional groups attached to an aromatic ring is 1. The highest BCUT2D eigenvalue weighted by Gasteiger charge is 2.30. The summed E-state index contributed by atoms with van der Waals surface area (Å²) in [7, 11) is 0. The summed E-state index contributed by atoms with van der Waals surface area (Å²) in [5.74, 6) is -0.0381. The van der Waals surface area contributed by atoms with Crippen molar-refractivity contribution in [2.24, 2.45) is 0 Å². The second kappa shape index (κ2) is 7.66. The molecule has 1 amide bonds. The number of anilines is 1. The van der Waals surface area contributed by atoms with Crippen molar-refractivity contribution in [3.63, 3.8) is 0 Å². The lowest BCUT2D eigenvalue weighted by Crippen LogP contribution is -2.30. The molecular formula is C18H19F3N6O2. The minimum absolute atomic E-state index is 0.0460. The predicted molar refractivity (Wildman–Crippen MR) is 97.8 cm³/mol. The first-order chi connectivity index (χ1) is 13.6. The molecule has 0 saturated heterocycles. The fourth-order valence-corrected chi connectivity index (χ4v) is 2.95. The topological polar surface area (TPSA) is 118 Å². The molecule has 2 aromatic heterocycles. The zero-order valence-corrected chi connectivity index (χ0v) is 15.7. The van der Waals surface area contributed by atoms with Gasteiger partial charge in [-0.25, -0.2) is 4.98 Å². The minimum atomic E-state index is -4.51. The summed E-state index contributed by atoms with van der Waals surface area (Å²) >= 11 is 0. The number of nitrogens with one attached hydrogen (secondary N) is 1. The molecule has 3 rings (SSSR count). The van der Waals surface area contributed by atoms with Crippen molar-refractivity contribution in [3.8, 4) is 0 Å². The summed E-state index contributed by atoms with van der Waals surface area (Å²) in [5.41, 5.74) is 6.62. The van der Waals surface area contributed by atoms with Gasteiger partial charge in [0, 0.05) is 23.5 Å². The van der Waals surface area contributed by atoms with Crippen LogP contribution in [0.2, 0.25) is 0 Å². The Labute approximate surface area is 163 Å². The van der Waals surface area contributed by atoms with Gasteiger partial charge in [0.1, 0.15) is 0 Å². The number of fused-ring (bicyclic) bond motifs is 1. The Morgan fingerprint density at radius 2 is 2.03 bits per heavy atom. The van der Waals surface area contributed by atoms with Crippen LogP contribution >= 0.6 is 0 Å². The maximum Gasteiger partial charge on any atom is 0.416 e. The van der Waals surface area contributed by atoms with Gasteiger partial charge in [0.15, 0.2) is 0 Å². The van der Waals surface area contributed by atoms with E-state index in [2.05, 4.69) is 20.4 Å². The maximum atomic E-state index is 12.8. The number of amides is 1. The molecule has 0 spiro atoms. The van der Waals surface area contributed by atoms with E-state index >= 15 is 0 Å². The molecule has 1 unspecified atom stereocenters. The molecule has 1 atom stereocenters. The zero-order chi connectivity index (χ0) is 21.3. The first-order valence-electron chi connectivity index (χ1n) is 8.66. The Balaban J connectivity index is 1.68. The molecular weight excluding hydrogens is 389 g/mol. The van der Waals surface area contributed by atoms with Gasteiger partial charge < -0.3 is 16.2 Å². The number of aryl methyl sites for hydroxylation is 2. The van der Waals surface area contributed by atoms with Crippen LogP contribution in [0.3, 0.4) is 0 Å². The van der Waals surface area contributed by atoms with Gasteiger partial charge in [-0.05, 0) is 31.5 Å². The van der Waals surface area contributed by atoms with Crippen molar-refractivity contribution in [2.75, 3.05) is 12.3 Å². The molecule has 2 heterocycles. The quantitative estimate of drug-likeness (QED) is 0.592. The third-order valence-corrected chi connectivity index (χ3v) is 4.49. The molecule has 0 aliphatic rings. The number of nitrogens with two attached hydrogens (primary N) is 1. The number of aromatic nitrogens is 4. The van der Waals surface area contributed by atoms with Crippen molar-refractivity contribution in [1.29, 1.82) is 0 Å². The van der Waals surface area contributed by atoms with Gasteiger partial charge in [0.05, 0.1) is 18.1 Å². The average Bonchev–Trinajstić information content (AvgIpc) is 3.03. The summed E-state index contributed by atoms with van der Waals surface area (Å²) in [6, 6.07) is 4.35. The third kappa shape index (κ3) is 4.45. The Morgan fingerprint density at radius 3 is 2.72 bits per heavy atom. The molecule has 0 aliphatic carbocycles. The zero-order valence-electron chi connectivity index (χ0n) is 15.7. The summed E-state index contributed by atoms with van der Waals surface area (Å²) in [5, 5.41) is 16.7. The number of alkyl halides is 3. The number of hydrogen-bond acceptors (Lipinski definition) is 6. The lowest BCUT2D eigenvalue weighted by Gasteiger charge is -2.15. The number of carbonyl (C=O) groups excluding carboxylic acids is 1. The monoisotopic (exact) mass is 408 g/mol. The lowest BCUT2D eigenvalue weighted by molar-refractivity contribution is -0.137. The van der Waals surface area contributed by atoms with Crippen molar-refractivity contribution < 1.29 is 23.1 Å². The highest BCUT2D eigenvalue weighted by Crippen LogP contribution is 2.30. The molecule has 4 N–H and O–H groups in total. The molecule has 0 aliphatic heterocycles. The fraction of sp³-hybridized carbons (Fsp3) is 0.333. The summed E-state index contributed by atoms with van der Waals surface area (Å²) in [6.07, 6.45) is -5.83. The molecule has 154 valence electrons. The first-order valence-corrected chi connectivity index (χ1v) is 8.66. The Hall–Kier alpha value is -3.21. The van der Waals surface area contributed by atoms with E-state index in [1.54, 1.807) is 13.8 Å². The van der Waals surface area contributed by atoms with E-state index in [0.717, 1.165) is 12.1 Å². The van der Waals surface area contributed by atoms with Crippen molar-refractivity contribution >= 4 is 17.6 Å². The SMILES string of the molecule is Cc1nc2nc(N)nn2c(C)c1CC(=O)NCC(O)c1cccc(C(F)(F)F)c1. The minimum Gasteiger partial charge on any atom is -0.387 e. The van der Waals surface area contributed by atoms with Crippen LogP contribution in [-0.2, 0) is 17.4 Å². The Bertz CT molecular complexity index is 1060. The molecule has 8 nitrogen and oxygen atoms in total. The van der Waals surface area contributed by atoms with Crippen LogP contribution < -0.4 is 11.1 Å². The second-order valence-electron chi connectivity index (χ2n) is 6.56. The van der Waals surface area contributed by atoms with Crippen molar-refractivity contribution in [3.05, 3.63) is 52.3 Å². The Morgan fingerprint density at radius 1 is 1.31 bits per heavy atom. The van der Waals surface area contributed by atoms with E-state index in [-0.39, 0.29) is 24.5 Å². The second-order valence-corrected chi connectivity index (χ2v) is 6.56. The van der Waals surface area contributed by atoms with Gasteiger partial charge in [-0.2, -0.15) is 22.7 Å². The molecule has 0 fully saturated rings. The van der Waals surface area contributed by atoms with Gasteiger partial charge in [-0.1, -0.05) is 12.1 Å². The smallest absolute Gasteiger partial charge is 0.387 e. The number of rotatable bonds is 5. The van der Waals surface area contributed by atoms with E-state index in [1.807, 2.05) is 0 Å². The van der Waals surface area contributed by atoms with Gasteiger partial charge in [0.25, 0.3) is 5.78 Å². The van der Waals surface area contributed by atoms with Crippen LogP contribution in [0, 0.1) is 13.8 Å². The van der Waals surface area contributed by atoms with Crippen LogP contribution in [0.15, 0.2) is 24.3 Å². The molecule has 29 heavy (non-hydrogen) atoms. The third-order valence-electron chi connectivity index (χ3n) is 4.49. The number of aliphatic hydroxyl groups excluding tert-OH is 1. The summed E-state index contributed by atoms with van der Waals surface area (Å²) in [4.78, 5) is 20.6. The van der Waals surface area contributed by atoms with E-state index in [4.69, 9.17) is 5.73 Å². The first kappa shape index (κ1) is 20.5. The predicted octanol–water partition coefficient (Wildman–Crippen LogP) is 1.73. The summed E-state index contributed by atoms with van der Waals surface area (Å²) in [6.45, 7) is 3.23. The Kier molecular flexibility index (Phi) is 5.42. The van der Waals surface area contributed by atoms with Crippen LogP contribution in [0.1, 0.15) is 34.2 Å². The fourth-order valence-electron chi connectivity index (χ4n) is 2.95. The van der Waals surface area contributed by atoms with Crippen molar-refractivity contribution in [2.45, 2.75) is 32.5 Å². The number of halogens is 3. The van der Waals surface area contributed by atoms with Gasteiger partial charge >= 0.3 is 6.18 Å². The average molecular weight is 408 g/mol. The van der Waals surface area contributed by atoms with Gasteiger partial charge in [-0.15, -0.1) is 5.10 Å². The number of benzene rings is 1. The largest absolute Gasteiger partial charge is 0.416 e. The van der Waals surface area contributed by atoms with E-state index in [9.17, 15) is 23.1 Å². The highest BCUT2D eigenvalue weighted by atomic mass is 19.4. The molecule has 1 aromatic carbocycles. The van der Waals surface area contributed by atoms with Crippen LogP contribution in [0.5, 0.6) is 0 Å². The van der Waals surface area contributed by atoms with E-state index in [0.29, 0.717) is 22.7 Å². The van der Waals surface area contributed by atoms with Gasteiger partial charge in [0.2, 0.25) is 11.9 Å². The molecule has 0 bridgehead atoms. The van der Waals surface area contributed by atoms with Crippen LogP contribution in [0.25, 0.3) is 5.78 Å². The molecule has 11 heteroatoms. The van der Waals surface area contributed by atoms with Crippen LogP contribution in [-0.4, -0.2) is 37.1 Å². The number of hydrogen-bond donors (Lipinski definition) is 3. The summed E-state index contributed by atoms with van der Waals surface area (Å²) < 4.78 is 39.8. The number of aliphatic hydroxyl groups is 1. The highest BCUT2D eigenvalue weighted by molar-refractivity contribution is 5.79. The number of nitrogens with zero attached hydrogens (tertiary/aromatic N) is 4. The maximum absolute atomic E-state index is 12.8. The van der Waals surface area contributed by atoms with Crippen molar-refractivity contribution in [1.82, 2.24) is 24.9 Å². The normalized spacial score (nSPS) is 12.9. The molecule has 0 saturated carbocycles. The van der Waals surface area contributed by atoms with Crippen LogP contribution in [0.4, 0.5) is 19.1 Å². The number of carbonyl (C=O) groups is 1. The van der Waals surface area contributed by atoms with E-state index in [1.165, 1.54) is 16.6 Å². The van der Waals surface area contributed by atoms with Gasteiger partial charge in [-0.3, -0.25) is 4.79 Å². The molecule has 0 radical (unpaired) electrons.